The number of aromatic amines is 1. The zero-order chi connectivity index (χ0) is 21.1. The lowest BCUT2D eigenvalue weighted by atomic mass is 9.90. The molecule has 0 saturated carbocycles. The van der Waals surface area contributed by atoms with Gasteiger partial charge in [0.15, 0.2) is 5.82 Å². The van der Waals surface area contributed by atoms with Crippen LogP contribution in [-0.4, -0.2) is 28.5 Å². The van der Waals surface area contributed by atoms with Crippen molar-refractivity contribution in [2.24, 2.45) is 0 Å². The predicted molar refractivity (Wildman–Crippen MR) is 114 cm³/mol. The number of fused-ring (bicyclic) bond motifs is 1. The van der Waals surface area contributed by atoms with Gasteiger partial charge in [-0.1, -0.05) is 53.2 Å². The quantitative estimate of drug-likeness (QED) is 0.423. The molecule has 0 aliphatic rings. The number of nitrogens with one attached hydrogen (secondary N) is 3. The summed E-state index contributed by atoms with van der Waals surface area (Å²) in [5.41, 5.74) is 2.82. The minimum atomic E-state index is -0.819. The van der Waals surface area contributed by atoms with Gasteiger partial charge in [0.25, 0.3) is 0 Å². The zero-order valence-corrected chi connectivity index (χ0v) is 16.9. The summed E-state index contributed by atoms with van der Waals surface area (Å²) in [7, 11) is 0. The fraction of sp³-hybridized carbons (Fsp3) is 0.136. The Bertz CT molecular complexity index is 1210. The van der Waals surface area contributed by atoms with E-state index >= 15 is 0 Å². The smallest absolute Gasteiger partial charge is 0.314 e. The van der Waals surface area contributed by atoms with Gasteiger partial charge in [-0.2, -0.15) is 0 Å². The summed E-state index contributed by atoms with van der Waals surface area (Å²) in [5, 5.41) is 10.4. The van der Waals surface area contributed by atoms with Crippen LogP contribution in [0.3, 0.4) is 0 Å². The molecule has 30 heavy (non-hydrogen) atoms. The summed E-state index contributed by atoms with van der Waals surface area (Å²) < 4.78 is 4.89. The Hall–Kier alpha value is -3.58. The molecule has 2 aromatic heterocycles. The molecule has 2 heterocycles. The number of aryl methyl sites for hydroxylation is 1. The van der Waals surface area contributed by atoms with Crippen molar-refractivity contribution in [3.8, 4) is 0 Å². The molecular formula is C22H19ClN4O3. The lowest BCUT2D eigenvalue weighted by Gasteiger charge is -2.19. The molecule has 8 heteroatoms. The van der Waals surface area contributed by atoms with E-state index in [1.807, 2.05) is 48.7 Å². The molecule has 0 bridgehead atoms. The van der Waals surface area contributed by atoms with Crippen molar-refractivity contribution in [2.75, 3.05) is 11.9 Å². The number of nitrogens with zero attached hydrogens (tertiary/aromatic N) is 1. The number of hydrogen-bond acceptors (Lipinski definition) is 4. The number of halogens is 1. The minimum Gasteiger partial charge on any atom is -0.361 e. The van der Waals surface area contributed by atoms with Gasteiger partial charge < -0.3 is 14.8 Å². The van der Waals surface area contributed by atoms with E-state index in [0.717, 1.165) is 22.0 Å². The van der Waals surface area contributed by atoms with E-state index in [1.165, 1.54) is 6.07 Å². The highest BCUT2D eigenvalue weighted by Crippen LogP contribution is 2.34. The van der Waals surface area contributed by atoms with Crippen LogP contribution in [0.15, 0.2) is 65.3 Å². The summed E-state index contributed by atoms with van der Waals surface area (Å²) in [6.07, 6.45) is 1.91. The molecule has 3 N–H and O–H groups in total. The lowest BCUT2D eigenvalue weighted by molar-refractivity contribution is -0.136. The summed E-state index contributed by atoms with van der Waals surface area (Å²) in [4.78, 5) is 27.8. The fourth-order valence-electron chi connectivity index (χ4n) is 3.40. The number of benzene rings is 2. The van der Waals surface area contributed by atoms with Crippen molar-refractivity contribution in [2.45, 2.75) is 12.8 Å². The van der Waals surface area contributed by atoms with E-state index < -0.39 is 11.8 Å². The van der Waals surface area contributed by atoms with E-state index in [-0.39, 0.29) is 18.3 Å². The van der Waals surface area contributed by atoms with Gasteiger partial charge in [-0.15, -0.1) is 0 Å². The summed E-state index contributed by atoms with van der Waals surface area (Å²) in [5.74, 6) is -1.12. The Morgan fingerprint density at radius 2 is 1.87 bits per heavy atom. The van der Waals surface area contributed by atoms with Crippen molar-refractivity contribution >= 4 is 40.1 Å². The number of carbonyl (C=O) groups excluding carboxylic acids is 2. The summed E-state index contributed by atoms with van der Waals surface area (Å²) in [6, 6.07) is 16.9. The first-order valence-corrected chi connectivity index (χ1v) is 9.73. The van der Waals surface area contributed by atoms with E-state index in [4.69, 9.17) is 16.1 Å². The average molecular weight is 423 g/mol. The summed E-state index contributed by atoms with van der Waals surface area (Å²) in [6.45, 7) is 1.88. The fourth-order valence-corrected chi connectivity index (χ4v) is 3.67. The molecule has 2 aromatic carbocycles. The molecule has 7 nitrogen and oxygen atoms in total. The van der Waals surface area contributed by atoms with Gasteiger partial charge >= 0.3 is 11.8 Å². The van der Waals surface area contributed by atoms with Crippen molar-refractivity contribution in [1.82, 2.24) is 15.5 Å². The van der Waals surface area contributed by atoms with Crippen molar-refractivity contribution < 1.29 is 14.1 Å². The van der Waals surface area contributed by atoms with E-state index in [1.54, 1.807) is 13.0 Å². The molecule has 0 spiro atoms. The van der Waals surface area contributed by atoms with Crippen LogP contribution in [0.4, 0.5) is 5.82 Å². The molecule has 0 saturated heterocycles. The van der Waals surface area contributed by atoms with Gasteiger partial charge in [0.1, 0.15) is 5.76 Å². The van der Waals surface area contributed by atoms with E-state index in [0.29, 0.717) is 10.8 Å². The molecular weight excluding hydrogens is 404 g/mol. The molecule has 1 atom stereocenters. The van der Waals surface area contributed by atoms with Gasteiger partial charge in [-0.3, -0.25) is 14.9 Å². The zero-order valence-electron chi connectivity index (χ0n) is 16.1. The van der Waals surface area contributed by atoms with E-state index in [2.05, 4.69) is 20.8 Å². The molecule has 0 aliphatic heterocycles. The van der Waals surface area contributed by atoms with Crippen molar-refractivity contribution in [1.29, 1.82) is 0 Å². The number of aromatic nitrogens is 2. The van der Waals surface area contributed by atoms with Crippen LogP contribution in [0.2, 0.25) is 5.02 Å². The van der Waals surface area contributed by atoms with Crippen LogP contribution in [0.1, 0.15) is 22.8 Å². The molecule has 4 aromatic rings. The maximum atomic E-state index is 12.4. The lowest BCUT2D eigenvalue weighted by Crippen LogP contribution is -2.38. The van der Waals surface area contributed by atoms with E-state index in [9.17, 15) is 9.59 Å². The Balaban J connectivity index is 1.57. The number of amides is 2. The molecule has 0 fully saturated rings. The van der Waals surface area contributed by atoms with Gasteiger partial charge in [-0.05, 0) is 30.2 Å². The van der Waals surface area contributed by atoms with Crippen LogP contribution >= 0.6 is 11.6 Å². The first-order valence-electron chi connectivity index (χ1n) is 9.36. The monoisotopic (exact) mass is 422 g/mol. The number of para-hydroxylation sites is 1. The highest BCUT2D eigenvalue weighted by atomic mass is 35.5. The number of H-pyrrole nitrogens is 1. The van der Waals surface area contributed by atoms with Gasteiger partial charge in [0.2, 0.25) is 0 Å². The van der Waals surface area contributed by atoms with Gasteiger partial charge in [0.05, 0.1) is 0 Å². The Morgan fingerprint density at radius 3 is 2.63 bits per heavy atom. The van der Waals surface area contributed by atoms with Crippen LogP contribution in [-0.2, 0) is 9.59 Å². The highest BCUT2D eigenvalue weighted by molar-refractivity contribution is 6.39. The standard InChI is InChI=1S/C22H19ClN4O3/c1-13-10-20(27-30-13)26-22(29)21(28)25-12-16(14-6-2-4-8-18(14)23)17-11-24-19-9-5-3-7-15(17)19/h2-11,16,24H,12H2,1H3,(H,25,28)(H,26,27,29)/t16-/m0/s1. The first-order chi connectivity index (χ1) is 14.5. The molecule has 4 rings (SSSR count). The van der Waals surface area contributed by atoms with Crippen LogP contribution in [0.25, 0.3) is 10.9 Å². The Morgan fingerprint density at radius 1 is 1.10 bits per heavy atom. The van der Waals surface area contributed by atoms with Gasteiger partial charge in [-0.25, -0.2) is 0 Å². The third kappa shape index (κ3) is 4.06. The number of rotatable bonds is 5. The van der Waals surface area contributed by atoms with Crippen molar-refractivity contribution in [3.63, 3.8) is 0 Å². The third-order valence-corrected chi connectivity index (χ3v) is 5.16. The first kappa shape index (κ1) is 19.7. The second-order valence-corrected chi connectivity index (χ2v) is 7.26. The van der Waals surface area contributed by atoms with Gasteiger partial charge in [0, 0.05) is 40.7 Å². The highest BCUT2D eigenvalue weighted by Gasteiger charge is 2.23. The maximum Gasteiger partial charge on any atom is 0.314 e. The van der Waals surface area contributed by atoms with Crippen molar-refractivity contribution in [3.05, 3.63) is 82.7 Å². The van der Waals surface area contributed by atoms with Crippen LogP contribution in [0.5, 0.6) is 0 Å². The summed E-state index contributed by atoms with van der Waals surface area (Å²) >= 11 is 6.45. The molecule has 0 aliphatic carbocycles. The topological polar surface area (TPSA) is 100 Å². The largest absolute Gasteiger partial charge is 0.361 e. The maximum absolute atomic E-state index is 12.4. The van der Waals surface area contributed by atoms with Crippen LogP contribution in [0, 0.1) is 6.92 Å². The number of carbonyl (C=O) groups is 2. The normalized spacial score (nSPS) is 11.9. The SMILES string of the molecule is Cc1cc(NC(=O)C(=O)NC[C@@H](c2ccccc2Cl)c2c[nH]c3ccccc23)no1. The molecule has 0 radical (unpaired) electrons. The predicted octanol–water partition coefficient (Wildman–Crippen LogP) is 4.00. The average Bonchev–Trinajstić information content (AvgIpc) is 3.35. The minimum absolute atomic E-state index is 0.187. The second kappa shape index (κ2) is 8.42. The third-order valence-electron chi connectivity index (χ3n) is 4.82. The number of anilines is 1. The second-order valence-electron chi connectivity index (χ2n) is 6.85. The molecule has 2 amide bonds. The Kier molecular flexibility index (Phi) is 5.54. The Labute approximate surface area is 177 Å². The van der Waals surface area contributed by atoms with Crippen LogP contribution < -0.4 is 10.6 Å². The number of hydrogen-bond donors (Lipinski definition) is 3. The molecule has 152 valence electrons. The molecule has 0 unspecified atom stereocenters.